The van der Waals surface area contributed by atoms with E-state index in [-0.39, 0.29) is 24.0 Å². The van der Waals surface area contributed by atoms with Crippen LogP contribution in [-0.4, -0.2) is 99.2 Å². The summed E-state index contributed by atoms with van der Waals surface area (Å²) < 4.78 is 5.67. The maximum absolute atomic E-state index is 12.4. The SMILES string of the molecule is CN=C(NCCOCC1CC1)N1CCN(CC(=O)N2CCCCC2)CC1.I. The van der Waals surface area contributed by atoms with Gasteiger partial charge in [0.2, 0.25) is 5.91 Å². The molecular formula is C19H36IN5O2. The molecule has 3 aliphatic rings. The highest BCUT2D eigenvalue weighted by Gasteiger charge is 2.24. The highest BCUT2D eigenvalue weighted by atomic mass is 127. The molecule has 2 heterocycles. The Hall–Kier alpha value is -0.610. The van der Waals surface area contributed by atoms with Crippen LogP contribution in [0.1, 0.15) is 32.1 Å². The zero-order valence-corrected chi connectivity index (χ0v) is 19.0. The fraction of sp³-hybridized carbons (Fsp3) is 0.895. The molecule has 3 rings (SSSR count). The maximum Gasteiger partial charge on any atom is 0.236 e. The van der Waals surface area contributed by atoms with Crippen LogP contribution in [0.25, 0.3) is 0 Å². The largest absolute Gasteiger partial charge is 0.379 e. The lowest BCUT2D eigenvalue weighted by atomic mass is 10.1. The zero-order chi connectivity index (χ0) is 18.2. The molecule has 1 N–H and O–H groups in total. The number of piperidine rings is 1. The number of guanidine groups is 1. The number of piperazine rings is 1. The van der Waals surface area contributed by atoms with Crippen molar-refractivity contribution >= 4 is 35.8 Å². The van der Waals surface area contributed by atoms with Gasteiger partial charge in [-0.2, -0.15) is 0 Å². The number of rotatable bonds is 7. The number of nitrogens with zero attached hydrogens (tertiary/aromatic N) is 4. The van der Waals surface area contributed by atoms with Crippen LogP contribution in [0.5, 0.6) is 0 Å². The average Bonchev–Trinajstić information content (AvgIpc) is 3.51. The Balaban J connectivity index is 0.00000261. The van der Waals surface area contributed by atoms with E-state index in [4.69, 9.17) is 4.74 Å². The summed E-state index contributed by atoms with van der Waals surface area (Å²) in [5.74, 6) is 2.06. The van der Waals surface area contributed by atoms with Crippen molar-refractivity contribution in [3.8, 4) is 0 Å². The summed E-state index contributed by atoms with van der Waals surface area (Å²) in [4.78, 5) is 23.4. The van der Waals surface area contributed by atoms with Gasteiger partial charge in [-0.3, -0.25) is 14.7 Å². The van der Waals surface area contributed by atoms with Gasteiger partial charge in [0.25, 0.3) is 0 Å². The summed E-state index contributed by atoms with van der Waals surface area (Å²) in [6.07, 6.45) is 6.25. The molecule has 2 aliphatic heterocycles. The van der Waals surface area contributed by atoms with Gasteiger partial charge in [0.15, 0.2) is 5.96 Å². The number of carbonyl (C=O) groups excluding carboxylic acids is 1. The van der Waals surface area contributed by atoms with Crippen LogP contribution in [0.4, 0.5) is 0 Å². The normalized spacial score (nSPS) is 21.7. The Kier molecular flexibility index (Phi) is 10.1. The van der Waals surface area contributed by atoms with Gasteiger partial charge in [0.05, 0.1) is 13.2 Å². The number of aliphatic imine (C=N–C) groups is 1. The van der Waals surface area contributed by atoms with Gasteiger partial charge in [0, 0.05) is 59.5 Å². The minimum Gasteiger partial charge on any atom is -0.379 e. The average molecular weight is 493 g/mol. The molecule has 8 heteroatoms. The van der Waals surface area contributed by atoms with Crippen molar-refractivity contribution in [2.24, 2.45) is 10.9 Å². The number of amides is 1. The first-order valence-electron chi connectivity index (χ1n) is 10.3. The quantitative estimate of drug-likeness (QED) is 0.250. The molecule has 0 unspecified atom stereocenters. The van der Waals surface area contributed by atoms with E-state index in [2.05, 4.69) is 20.1 Å². The molecule has 27 heavy (non-hydrogen) atoms. The van der Waals surface area contributed by atoms with E-state index >= 15 is 0 Å². The number of carbonyl (C=O) groups is 1. The summed E-state index contributed by atoms with van der Waals surface area (Å²) in [5, 5.41) is 3.40. The molecule has 0 bridgehead atoms. The summed E-state index contributed by atoms with van der Waals surface area (Å²) in [6, 6.07) is 0. The second-order valence-corrected chi connectivity index (χ2v) is 7.70. The molecule has 1 aliphatic carbocycles. The summed E-state index contributed by atoms with van der Waals surface area (Å²) in [5.41, 5.74) is 0. The lowest BCUT2D eigenvalue weighted by Gasteiger charge is -2.37. The molecule has 0 atom stereocenters. The van der Waals surface area contributed by atoms with Gasteiger partial charge >= 0.3 is 0 Å². The smallest absolute Gasteiger partial charge is 0.236 e. The predicted molar refractivity (Wildman–Crippen MR) is 119 cm³/mol. The monoisotopic (exact) mass is 493 g/mol. The van der Waals surface area contributed by atoms with Crippen molar-refractivity contribution in [2.45, 2.75) is 32.1 Å². The molecule has 156 valence electrons. The highest BCUT2D eigenvalue weighted by Crippen LogP contribution is 2.28. The molecule has 0 aromatic rings. The molecule has 0 aromatic heterocycles. The van der Waals surface area contributed by atoms with E-state index in [1.807, 2.05) is 11.9 Å². The Bertz CT molecular complexity index is 473. The van der Waals surface area contributed by atoms with Gasteiger partial charge in [-0.1, -0.05) is 0 Å². The van der Waals surface area contributed by atoms with Gasteiger partial charge < -0.3 is 19.9 Å². The van der Waals surface area contributed by atoms with Gasteiger partial charge in [-0.15, -0.1) is 24.0 Å². The van der Waals surface area contributed by atoms with E-state index in [0.29, 0.717) is 12.5 Å². The van der Waals surface area contributed by atoms with Gasteiger partial charge in [0.1, 0.15) is 0 Å². The van der Waals surface area contributed by atoms with E-state index in [1.165, 1.54) is 19.3 Å². The van der Waals surface area contributed by atoms with Crippen LogP contribution in [0.2, 0.25) is 0 Å². The van der Waals surface area contributed by atoms with E-state index in [0.717, 1.165) is 83.7 Å². The van der Waals surface area contributed by atoms with Crippen LogP contribution >= 0.6 is 24.0 Å². The minimum atomic E-state index is 0. The standard InChI is InChI=1S/C19H35N5O2.HI/c1-20-19(21-7-14-26-16-17-5-6-17)24-12-10-22(11-13-24)15-18(25)23-8-3-2-4-9-23;/h17H,2-16H2,1H3,(H,20,21);1H. The Morgan fingerprint density at radius 2 is 1.74 bits per heavy atom. The van der Waals surface area contributed by atoms with Crippen LogP contribution in [0.3, 0.4) is 0 Å². The molecule has 0 radical (unpaired) electrons. The van der Waals surface area contributed by atoms with Crippen molar-refractivity contribution in [3.63, 3.8) is 0 Å². The first-order chi connectivity index (χ1) is 12.8. The third-order valence-corrected chi connectivity index (χ3v) is 5.53. The fourth-order valence-corrected chi connectivity index (χ4v) is 3.65. The van der Waals surface area contributed by atoms with Crippen molar-refractivity contribution in [1.29, 1.82) is 0 Å². The lowest BCUT2D eigenvalue weighted by molar-refractivity contribution is -0.133. The lowest BCUT2D eigenvalue weighted by Crippen LogP contribution is -2.54. The van der Waals surface area contributed by atoms with Crippen molar-refractivity contribution < 1.29 is 9.53 Å². The van der Waals surface area contributed by atoms with E-state index in [1.54, 1.807) is 0 Å². The van der Waals surface area contributed by atoms with Crippen LogP contribution in [-0.2, 0) is 9.53 Å². The molecule has 0 spiro atoms. The zero-order valence-electron chi connectivity index (χ0n) is 16.7. The van der Waals surface area contributed by atoms with Crippen LogP contribution < -0.4 is 5.32 Å². The van der Waals surface area contributed by atoms with Crippen molar-refractivity contribution in [3.05, 3.63) is 0 Å². The van der Waals surface area contributed by atoms with Crippen LogP contribution in [0.15, 0.2) is 4.99 Å². The summed E-state index contributed by atoms with van der Waals surface area (Å²) >= 11 is 0. The molecule has 2 saturated heterocycles. The second-order valence-electron chi connectivity index (χ2n) is 7.70. The van der Waals surface area contributed by atoms with Crippen molar-refractivity contribution in [2.75, 3.05) is 72.6 Å². The number of ether oxygens (including phenoxy) is 1. The molecule has 3 fully saturated rings. The van der Waals surface area contributed by atoms with E-state index < -0.39 is 0 Å². The number of hydrogen-bond acceptors (Lipinski definition) is 4. The number of halogens is 1. The molecular weight excluding hydrogens is 457 g/mol. The summed E-state index contributed by atoms with van der Waals surface area (Å²) in [7, 11) is 1.83. The highest BCUT2D eigenvalue weighted by molar-refractivity contribution is 14.0. The number of nitrogens with one attached hydrogen (secondary N) is 1. The summed E-state index contributed by atoms with van der Waals surface area (Å²) in [6.45, 7) is 8.55. The topological polar surface area (TPSA) is 60.4 Å². The number of hydrogen-bond donors (Lipinski definition) is 1. The third kappa shape index (κ3) is 7.73. The first-order valence-corrected chi connectivity index (χ1v) is 10.3. The maximum atomic E-state index is 12.4. The van der Waals surface area contributed by atoms with E-state index in [9.17, 15) is 4.79 Å². The third-order valence-electron chi connectivity index (χ3n) is 5.53. The molecule has 1 saturated carbocycles. The van der Waals surface area contributed by atoms with Gasteiger partial charge in [-0.25, -0.2) is 0 Å². The van der Waals surface area contributed by atoms with Crippen LogP contribution in [0, 0.1) is 5.92 Å². The Morgan fingerprint density at radius 1 is 1.04 bits per heavy atom. The Labute approximate surface area is 180 Å². The first kappa shape index (κ1) is 22.7. The molecule has 7 nitrogen and oxygen atoms in total. The Morgan fingerprint density at radius 3 is 2.37 bits per heavy atom. The molecule has 1 amide bonds. The van der Waals surface area contributed by atoms with Gasteiger partial charge in [-0.05, 0) is 38.0 Å². The predicted octanol–water partition coefficient (Wildman–Crippen LogP) is 1.24. The minimum absolute atomic E-state index is 0. The number of likely N-dealkylation sites (tertiary alicyclic amines) is 1. The second kappa shape index (κ2) is 12.1. The molecule has 0 aromatic carbocycles. The van der Waals surface area contributed by atoms with Crippen molar-refractivity contribution in [1.82, 2.24) is 20.0 Å². The fourth-order valence-electron chi connectivity index (χ4n) is 3.65.